The first-order valence-electron chi connectivity index (χ1n) is 33.0. The first-order chi connectivity index (χ1) is 43.5. The molecule has 6 saturated heterocycles. The van der Waals surface area contributed by atoms with E-state index in [2.05, 4.69) is 6.92 Å². The first kappa shape index (κ1) is 74.5. The van der Waals surface area contributed by atoms with Gasteiger partial charge in [0.15, 0.2) is 55.9 Å². The van der Waals surface area contributed by atoms with Crippen LogP contribution in [0.15, 0.2) is 36.4 Å². The molecule has 6 fully saturated rings. The summed E-state index contributed by atoms with van der Waals surface area (Å²) < 4.78 is 88.6. The number of unbranched alkanes of at least 4 members (excludes halogenated alkanes) is 2. The largest absolute Gasteiger partial charge is 0.455 e. The Bertz CT molecular complexity index is 2400. The molecule has 1 aromatic rings. The van der Waals surface area contributed by atoms with E-state index in [0.29, 0.717) is 37.7 Å². The maximum absolute atomic E-state index is 14.3. The third kappa shape index (κ3) is 19.6. The van der Waals surface area contributed by atoms with Crippen LogP contribution in [-0.4, -0.2) is 231 Å². The fourth-order valence-electron chi connectivity index (χ4n) is 12.0. The minimum absolute atomic E-state index is 0.0679. The predicted molar refractivity (Wildman–Crippen MR) is 319 cm³/mol. The molecule has 518 valence electrons. The third-order valence-corrected chi connectivity index (χ3v) is 18.2. The molecule has 0 bridgehead atoms. The highest BCUT2D eigenvalue weighted by atomic mass is 16.8. The van der Waals surface area contributed by atoms with Crippen molar-refractivity contribution in [1.29, 1.82) is 0 Å². The molecular weight excluding hydrogens is 1200 g/mol. The van der Waals surface area contributed by atoms with E-state index in [0.717, 1.165) is 57.4 Å². The molecule has 0 aromatic heterocycles. The molecule has 6 aliphatic heterocycles. The van der Waals surface area contributed by atoms with Gasteiger partial charge in [0.1, 0.15) is 73.2 Å². The Hall–Kier alpha value is -3.88. The number of aliphatic hydroxyl groups is 8. The fourth-order valence-corrected chi connectivity index (χ4v) is 12.0. The van der Waals surface area contributed by atoms with Gasteiger partial charge in [-0.05, 0) is 71.4 Å². The molecule has 7 rings (SSSR count). The van der Waals surface area contributed by atoms with Crippen LogP contribution in [0.1, 0.15) is 164 Å². The lowest BCUT2D eigenvalue weighted by molar-refractivity contribution is -0.400. The molecule has 0 amide bonds. The number of rotatable bonds is 20. The van der Waals surface area contributed by atoms with Gasteiger partial charge in [-0.1, -0.05) is 123 Å². The maximum atomic E-state index is 14.3. The summed E-state index contributed by atoms with van der Waals surface area (Å²) in [7, 11) is 0. The van der Waals surface area contributed by atoms with E-state index in [4.69, 9.17) is 66.3 Å². The lowest BCUT2D eigenvalue weighted by Gasteiger charge is -2.51. The van der Waals surface area contributed by atoms with Crippen LogP contribution in [0.3, 0.4) is 0 Å². The summed E-state index contributed by atoms with van der Waals surface area (Å²) in [6.45, 7) is 14.1. The maximum Gasteiger partial charge on any atom is 0.331 e. The number of carbonyl (C=O) groups is 4. The summed E-state index contributed by atoms with van der Waals surface area (Å²) in [4.78, 5) is 55.2. The van der Waals surface area contributed by atoms with Crippen molar-refractivity contribution in [2.45, 2.75) is 318 Å². The quantitative estimate of drug-likeness (QED) is 0.0399. The summed E-state index contributed by atoms with van der Waals surface area (Å²) in [5.41, 5.74) is 0.655. The second-order valence-electron chi connectivity index (χ2n) is 25.2. The topological polar surface area (TPSA) is 359 Å². The zero-order valence-corrected chi connectivity index (χ0v) is 53.9. The van der Waals surface area contributed by atoms with Gasteiger partial charge < -0.3 is 107 Å². The van der Waals surface area contributed by atoms with Crippen LogP contribution >= 0.6 is 0 Å². The van der Waals surface area contributed by atoms with E-state index in [1.165, 1.54) is 33.8 Å². The molecule has 0 saturated carbocycles. The van der Waals surface area contributed by atoms with Crippen molar-refractivity contribution in [3.8, 4) is 0 Å². The van der Waals surface area contributed by atoms with Crippen LogP contribution < -0.4 is 0 Å². The van der Waals surface area contributed by atoms with Crippen LogP contribution in [-0.2, 0) is 85.5 Å². The van der Waals surface area contributed by atoms with Crippen molar-refractivity contribution < 1.29 is 126 Å². The number of ether oxygens (including phenoxy) is 14. The molecule has 0 spiro atoms. The molecule has 8 N–H and O–H groups in total. The van der Waals surface area contributed by atoms with E-state index in [1.54, 1.807) is 58.0 Å². The Balaban J connectivity index is 1.24. The lowest BCUT2D eigenvalue weighted by Crippen LogP contribution is -2.68. The Morgan fingerprint density at radius 3 is 1.77 bits per heavy atom. The van der Waals surface area contributed by atoms with Crippen LogP contribution in [0, 0.1) is 11.8 Å². The third-order valence-electron chi connectivity index (χ3n) is 18.2. The van der Waals surface area contributed by atoms with Gasteiger partial charge >= 0.3 is 23.9 Å². The van der Waals surface area contributed by atoms with Crippen molar-refractivity contribution in [2.24, 2.45) is 11.8 Å². The fraction of sp³-hybridized carbons (Fsp3) is 0.815. The Kier molecular flexibility index (Phi) is 29.3. The number of benzene rings is 1. The monoisotopic (exact) mass is 1300 g/mol. The highest BCUT2D eigenvalue weighted by molar-refractivity contribution is 5.87. The van der Waals surface area contributed by atoms with Gasteiger partial charge in [0.2, 0.25) is 0 Å². The van der Waals surface area contributed by atoms with Crippen molar-refractivity contribution in [3.05, 3.63) is 42.0 Å². The van der Waals surface area contributed by atoms with Gasteiger partial charge in [0, 0.05) is 12.5 Å². The zero-order chi connectivity index (χ0) is 66.2. The van der Waals surface area contributed by atoms with Crippen molar-refractivity contribution in [2.75, 3.05) is 6.61 Å². The standard InChI is InChI=1S/C65H102O26/c1-10-13-20-27-40-28-23-17-15-14-16-18-24-29-42(67)85-56-49(74)51(36(7)80-63(56)90-55-47(72)45(70)41(32-66)83-64(55)82-40)88-65-58(87-60(77)34(5)12-3)57(91-61-48(73)46(71)44(69)35(6)78-61)53(38(9)81-65)89-62-50(75)54(52(37(8)79-62)86-59(76)33(4)11-2)84-43(68)31-30-39-25-21-19-22-26-39/h19,21-22,25-26,30-31,33-38,40-41,44-58,61-66,69-75H,10-18,20,23-24,27-29,32H2,1-9H3/b31-30+/t33-,34-,35-,36-,37-,38-,40-,41+,44-,45+,46+,47-,48+,49+,50+,51-,52-,53-,54-,55+,56+,57+,58+,61-,62-,63-,64+,65-/m0/s1. The smallest absolute Gasteiger partial charge is 0.331 e. The van der Waals surface area contributed by atoms with Crippen LogP contribution in [0.4, 0.5) is 0 Å². The van der Waals surface area contributed by atoms with Crippen molar-refractivity contribution >= 4 is 30.0 Å². The second kappa shape index (κ2) is 35.7. The molecule has 0 unspecified atom stereocenters. The second-order valence-corrected chi connectivity index (χ2v) is 25.2. The van der Waals surface area contributed by atoms with E-state index in [9.17, 15) is 60.0 Å². The van der Waals surface area contributed by atoms with Crippen molar-refractivity contribution in [1.82, 2.24) is 0 Å². The van der Waals surface area contributed by atoms with E-state index in [1.807, 2.05) is 0 Å². The number of hydrogen-bond acceptors (Lipinski definition) is 26. The Morgan fingerprint density at radius 1 is 0.538 bits per heavy atom. The average Bonchev–Trinajstić information content (AvgIpc) is 0.959. The van der Waals surface area contributed by atoms with E-state index >= 15 is 0 Å². The molecule has 0 aliphatic carbocycles. The summed E-state index contributed by atoms with van der Waals surface area (Å²) in [5, 5.41) is 91.8. The van der Waals surface area contributed by atoms with Gasteiger partial charge in [-0.2, -0.15) is 0 Å². The molecule has 26 nitrogen and oxygen atoms in total. The summed E-state index contributed by atoms with van der Waals surface area (Å²) in [5.74, 6) is -4.55. The minimum atomic E-state index is -1.96. The number of hydrogen-bond donors (Lipinski definition) is 8. The van der Waals surface area contributed by atoms with Gasteiger partial charge in [-0.15, -0.1) is 0 Å². The first-order valence-corrected chi connectivity index (χ1v) is 33.0. The van der Waals surface area contributed by atoms with Gasteiger partial charge in [0.05, 0.1) is 49.0 Å². The molecular formula is C65H102O26. The minimum Gasteiger partial charge on any atom is -0.455 e. The normalized spacial score (nSPS) is 40.6. The average molecular weight is 1300 g/mol. The van der Waals surface area contributed by atoms with Gasteiger partial charge in [0.25, 0.3) is 0 Å². The molecule has 6 heterocycles. The number of fused-ring (bicyclic) bond motifs is 2. The highest BCUT2D eigenvalue weighted by Crippen LogP contribution is 2.40. The Morgan fingerprint density at radius 2 is 1.11 bits per heavy atom. The SMILES string of the molecule is CCCCC[C@H]1CCCCCCCCCC(=O)O[C@H]2[C@H](O[C@H]3[C@H](O1)O[C@H](CO)[C@@H](O)[C@@H]3O)O[C@@H](C)[C@H](O[C@@H]1O[C@@H](C)[C@H](O[C@@H]3O[C@@H](C)[C@H](OC(=O)[C@@H](C)CC)[C@@H](OC(=O)/C=C/c4ccccc4)[C@H]3O)[C@@H](O[C@@H]3O[C@@H](C)[C@H](O)[C@@H](O)[C@H]3O)[C@H]1OC(=O)[C@@H](C)CC)[C@H]2O. The zero-order valence-electron chi connectivity index (χ0n) is 53.9. The molecule has 6 aliphatic rings. The number of aliphatic hydroxyl groups excluding tert-OH is 8. The number of carbonyl (C=O) groups excluding carboxylic acids is 4. The lowest BCUT2D eigenvalue weighted by atomic mass is 9.95. The number of esters is 4. The molecule has 91 heavy (non-hydrogen) atoms. The summed E-state index contributed by atoms with van der Waals surface area (Å²) >= 11 is 0. The van der Waals surface area contributed by atoms with Gasteiger partial charge in [-0.3, -0.25) is 14.4 Å². The molecule has 26 heteroatoms. The van der Waals surface area contributed by atoms with Gasteiger partial charge in [-0.25, -0.2) is 4.79 Å². The van der Waals surface area contributed by atoms with Crippen LogP contribution in [0.2, 0.25) is 0 Å². The highest BCUT2D eigenvalue weighted by Gasteiger charge is 2.59. The summed E-state index contributed by atoms with van der Waals surface area (Å²) in [6.07, 6.45) is -27.9. The molecule has 1 aromatic carbocycles. The van der Waals surface area contributed by atoms with Crippen molar-refractivity contribution in [3.63, 3.8) is 0 Å². The van der Waals surface area contributed by atoms with E-state index < -0.39 is 196 Å². The van der Waals surface area contributed by atoms with Crippen LogP contribution in [0.25, 0.3) is 6.08 Å². The molecule has 0 radical (unpaired) electrons. The predicted octanol–water partition coefficient (Wildman–Crippen LogP) is 3.69. The summed E-state index contributed by atoms with van der Waals surface area (Å²) in [6, 6.07) is 8.84. The van der Waals surface area contributed by atoms with Crippen LogP contribution in [0.5, 0.6) is 0 Å². The molecule has 28 atom stereocenters. The van der Waals surface area contributed by atoms with E-state index in [-0.39, 0.29) is 18.9 Å². The Labute approximate surface area is 533 Å².